The molecular weight excluding hydrogens is 400 g/mol. The van der Waals surface area contributed by atoms with E-state index in [2.05, 4.69) is 37.2 Å². The highest BCUT2D eigenvalue weighted by Crippen LogP contribution is 2.13. The number of urea groups is 1. The molecular formula is C15H24BrClN4O3. The van der Waals surface area contributed by atoms with E-state index >= 15 is 0 Å². The van der Waals surface area contributed by atoms with Crippen LogP contribution in [0.15, 0.2) is 28.7 Å². The molecule has 9 heteroatoms. The Bertz CT molecular complexity index is 488. The van der Waals surface area contributed by atoms with Gasteiger partial charge in [-0.05, 0) is 24.3 Å². The molecule has 0 saturated heterocycles. The van der Waals surface area contributed by atoms with E-state index in [-0.39, 0.29) is 37.3 Å². The van der Waals surface area contributed by atoms with Gasteiger partial charge in [-0.3, -0.25) is 4.79 Å². The summed E-state index contributed by atoms with van der Waals surface area (Å²) in [6.45, 7) is 2.92. The highest BCUT2D eigenvalue weighted by molar-refractivity contribution is 9.10. The minimum Gasteiger partial charge on any atom is -0.383 e. The van der Waals surface area contributed by atoms with E-state index < -0.39 is 0 Å². The minimum absolute atomic E-state index is 0. The molecule has 7 nitrogen and oxygen atoms in total. The van der Waals surface area contributed by atoms with Crippen molar-refractivity contribution < 1.29 is 14.3 Å². The van der Waals surface area contributed by atoms with Gasteiger partial charge in [-0.25, -0.2) is 4.79 Å². The van der Waals surface area contributed by atoms with Gasteiger partial charge in [0.25, 0.3) is 0 Å². The van der Waals surface area contributed by atoms with Crippen molar-refractivity contribution in [3.05, 3.63) is 28.7 Å². The van der Waals surface area contributed by atoms with Crippen LogP contribution in [-0.2, 0) is 9.53 Å². The van der Waals surface area contributed by atoms with Crippen LogP contribution in [0.4, 0.5) is 10.5 Å². The number of hydrogen-bond donors (Lipinski definition) is 4. The van der Waals surface area contributed by atoms with Gasteiger partial charge >= 0.3 is 6.03 Å². The zero-order valence-corrected chi connectivity index (χ0v) is 16.0. The van der Waals surface area contributed by atoms with Crippen molar-refractivity contribution in [2.24, 2.45) is 0 Å². The van der Waals surface area contributed by atoms with Crippen molar-refractivity contribution in [1.29, 1.82) is 0 Å². The number of carbonyl (C=O) groups excluding carboxylic acids is 2. The molecule has 0 aliphatic rings. The molecule has 0 atom stereocenters. The average molecular weight is 424 g/mol. The van der Waals surface area contributed by atoms with Crippen LogP contribution >= 0.6 is 28.3 Å². The van der Waals surface area contributed by atoms with Gasteiger partial charge in [0.1, 0.15) is 0 Å². The van der Waals surface area contributed by atoms with Gasteiger partial charge in [-0.15, -0.1) is 12.4 Å². The Morgan fingerprint density at radius 3 is 2.42 bits per heavy atom. The van der Waals surface area contributed by atoms with Gasteiger partial charge in [-0.1, -0.05) is 15.9 Å². The van der Waals surface area contributed by atoms with E-state index in [4.69, 9.17) is 4.74 Å². The summed E-state index contributed by atoms with van der Waals surface area (Å²) in [5.74, 6) is -0.0949. The summed E-state index contributed by atoms with van der Waals surface area (Å²) < 4.78 is 5.84. The minimum atomic E-state index is -0.332. The highest BCUT2D eigenvalue weighted by atomic mass is 79.9. The van der Waals surface area contributed by atoms with E-state index in [1.807, 2.05) is 12.1 Å². The molecule has 1 aromatic rings. The molecule has 0 aromatic heterocycles. The first-order valence-corrected chi connectivity index (χ1v) is 8.18. The summed E-state index contributed by atoms with van der Waals surface area (Å²) in [5, 5.41) is 11.2. The van der Waals surface area contributed by atoms with Crippen molar-refractivity contribution >= 4 is 46.0 Å². The molecule has 0 aliphatic carbocycles. The summed E-state index contributed by atoms with van der Waals surface area (Å²) in [6, 6.07) is 6.91. The largest absolute Gasteiger partial charge is 0.383 e. The Hall–Kier alpha value is -1.35. The van der Waals surface area contributed by atoms with Crippen LogP contribution < -0.4 is 21.3 Å². The number of nitrogens with one attached hydrogen (secondary N) is 4. The number of methoxy groups -OCH3 is 1. The van der Waals surface area contributed by atoms with Crippen LogP contribution in [0, 0.1) is 0 Å². The lowest BCUT2D eigenvalue weighted by molar-refractivity contribution is -0.120. The van der Waals surface area contributed by atoms with Crippen LogP contribution in [0.3, 0.4) is 0 Å². The normalized spacial score (nSPS) is 9.75. The fraction of sp³-hybridized carbons (Fsp3) is 0.467. The molecule has 0 spiro atoms. The Balaban J connectivity index is 0.00000529. The van der Waals surface area contributed by atoms with Crippen LogP contribution in [-0.4, -0.2) is 51.8 Å². The second kappa shape index (κ2) is 14.0. The van der Waals surface area contributed by atoms with Crippen LogP contribution in [0.2, 0.25) is 0 Å². The molecule has 1 aromatic carbocycles. The van der Waals surface area contributed by atoms with Crippen molar-refractivity contribution in [1.82, 2.24) is 16.0 Å². The van der Waals surface area contributed by atoms with E-state index in [1.165, 1.54) is 0 Å². The lowest BCUT2D eigenvalue weighted by atomic mass is 10.3. The monoisotopic (exact) mass is 422 g/mol. The molecule has 24 heavy (non-hydrogen) atoms. The zero-order chi connectivity index (χ0) is 16.9. The first-order valence-electron chi connectivity index (χ1n) is 7.38. The van der Waals surface area contributed by atoms with Crippen molar-refractivity contribution in [3.63, 3.8) is 0 Å². The van der Waals surface area contributed by atoms with Crippen molar-refractivity contribution in [3.8, 4) is 0 Å². The lowest BCUT2D eigenvalue weighted by Gasteiger charge is -2.09. The van der Waals surface area contributed by atoms with Gasteiger partial charge in [-0.2, -0.15) is 0 Å². The van der Waals surface area contributed by atoms with E-state index in [9.17, 15) is 9.59 Å². The van der Waals surface area contributed by atoms with Gasteiger partial charge in [0.2, 0.25) is 5.91 Å². The fourth-order valence-corrected chi connectivity index (χ4v) is 1.94. The number of ether oxygens (including phenoxy) is 1. The van der Waals surface area contributed by atoms with E-state index in [0.717, 1.165) is 11.0 Å². The van der Waals surface area contributed by atoms with Gasteiger partial charge in [0.05, 0.1) is 6.61 Å². The number of halogens is 2. The van der Waals surface area contributed by atoms with Crippen LogP contribution in [0.1, 0.15) is 6.42 Å². The summed E-state index contributed by atoms with van der Waals surface area (Å²) in [7, 11) is 1.64. The maximum atomic E-state index is 11.7. The maximum absolute atomic E-state index is 11.7. The number of anilines is 1. The maximum Gasteiger partial charge on any atom is 0.319 e. The molecule has 0 saturated carbocycles. The van der Waals surface area contributed by atoms with E-state index in [1.54, 1.807) is 19.2 Å². The van der Waals surface area contributed by atoms with Gasteiger partial charge in [0.15, 0.2) is 0 Å². The number of hydrogen-bond acceptors (Lipinski definition) is 4. The van der Waals surface area contributed by atoms with Gasteiger partial charge < -0.3 is 26.0 Å². The first-order chi connectivity index (χ1) is 11.1. The third-order valence-electron chi connectivity index (χ3n) is 2.85. The Labute approximate surface area is 156 Å². The molecule has 0 fully saturated rings. The predicted octanol–water partition coefficient (Wildman–Crippen LogP) is 1.73. The number of rotatable bonds is 10. The average Bonchev–Trinajstić information content (AvgIpc) is 2.53. The molecule has 4 N–H and O–H groups in total. The van der Waals surface area contributed by atoms with Crippen molar-refractivity contribution in [2.75, 3.05) is 45.2 Å². The third-order valence-corrected chi connectivity index (χ3v) is 3.38. The summed E-state index contributed by atoms with van der Waals surface area (Å²) >= 11 is 3.32. The molecule has 0 radical (unpaired) electrons. The Morgan fingerprint density at radius 1 is 1.04 bits per heavy atom. The molecule has 136 valence electrons. The fourth-order valence-electron chi connectivity index (χ4n) is 1.68. The van der Waals surface area contributed by atoms with Crippen molar-refractivity contribution in [2.45, 2.75) is 6.42 Å². The molecule has 1 rings (SSSR count). The lowest BCUT2D eigenvalue weighted by Crippen LogP contribution is -2.36. The molecule has 3 amide bonds. The van der Waals surface area contributed by atoms with Crippen LogP contribution in [0.5, 0.6) is 0 Å². The second-order valence-corrected chi connectivity index (χ2v) is 5.65. The quantitative estimate of drug-likeness (QED) is 0.431. The summed E-state index contributed by atoms with van der Waals surface area (Å²) in [6.07, 6.45) is 0.242. The number of amides is 3. The first kappa shape index (κ1) is 22.6. The summed E-state index contributed by atoms with van der Waals surface area (Å²) in [5.41, 5.74) is 0.692. The zero-order valence-electron chi connectivity index (χ0n) is 13.6. The molecule has 0 bridgehead atoms. The predicted molar refractivity (Wildman–Crippen MR) is 101 cm³/mol. The molecule has 0 aliphatic heterocycles. The smallest absolute Gasteiger partial charge is 0.319 e. The third kappa shape index (κ3) is 11.2. The SMILES string of the molecule is COCCNCCNC(=O)CCNC(=O)Nc1ccc(Br)cc1.Cl. The molecule has 0 unspecified atom stereocenters. The summed E-state index contributed by atoms with van der Waals surface area (Å²) in [4.78, 5) is 23.2. The standard InChI is InChI=1S/C15H23BrN4O3.ClH/c1-23-11-10-17-8-9-18-14(21)6-7-19-15(22)20-13-4-2-12(16)3-5-13;/h2-5,17H,6-11H2,1H3,(H,18,21)(H2,19,20,22);1H. The number of benzene rings is 1. The molecule has 0 heterocycles. The van der Waals surface area contributed by atoms with E-state index in [0.29, 0.717) is 25.4 Å². The topological polar surface area (TPSA) is 91.5 Å². The highest BCUT2D eigenvalue weighted by Gasteiger charge is 2.04. The second-order valence-electron chi connectivity index (χ2n) is 4.73. The number of carbonyl (C=O) groups is 2. The Kier molecular flexibility index (Phi) is 13.2. The van der Waals surface area contributed by atoms with Crippen LogP contribution in [0.25, 0.3) is 0 Å². The van der Waals surface area contributed by atoms with Gasteiger partial charge in [0, 0.05) is 49.9 Å². The Morgan fingerprint density at radius 2 is 1.75 bits per heavy atom.